The topological polar surface area (TPSA) is 112 Å². The van der Waals surface area contributed by atoms with E-state index in [0.29, 0.717) is 27.4 Å². The van der Waals surface area contributed by atoms with Crippen molar-refractivity contribution in [3.8, 4) is 11.4 Å². The molecule has 1 heterocycles. The van der Waals surface area contributed by atoms with E-state index in [4.69, 9.17) is 16.3 Å². The van der Waals surface area contributed by atoms with E-state index in [1.54, 1.807) is 18.2 Å². The van der Waals surface area contributed by atoms with Crippen molar-refractivity contribution in [3.63, 3.8) is 0 Å². The van der Waals surface area contributed by atoms with Crippen molar-refractivity contribution in [1.29, 1.82) is 0 Å². The lowest BCUT2D eigenvalue weighted by Gasteiger charge is -2.17. The summed E-state index contributed by atoms with van der Waals surface area (Å²) < 4.78 is 7.87. The molecular formula is C24H20ClN5O4S. The number of nitrogens with zero attached hydrogens (tertiary/aromatic N) is 4. The number of halogens is 1. The standard InChI is InChI=1S/C24H20ClN5O4S/c1-16(34-21-13-6-5-12-20(21)25)23-27-28-24(29(23)18-9-3-2-4-10-18)35-15-22(31)26-17-8-7-11-19(14-17)30(32)33/h2-14,16H,15H2,1H3,(H,26,31). The van der Waals surface area contributed by atoms with Gasteiger partial charge in [-0.25, -0.2) is 0 Å². The molecule has 1 N–H and O–H groups in total. The summed E-state index contributed by atoms with van der Waals surface area (Å²) in [4.78, 5) is 23.0. The first-order valence-electron chi connectivity index (χ1n) is 10.5. The predicted octanol–water partition coefficient (Wildman–Crippen LogP) is 5.70. The monoisotopic (exact) mass is 509 g/mol. The average molecular weight is 510 g/mol. The predicted molar refractivity (Wildman–Crippen MR) is 134 cm³/mol. The van der Waals surface area contributed by atoms with Gasteiger partial charge in [0.15, 0.2) is 17.1 Å². The Balaban J connectivity index is 1.53. The molecular weight excluding hydrogens is 490 g/mol. The molecule has 35 heavy (non-hydrogen) atoms. The van der Waals surface area contributed by atoms with Crippen molar-refractivity contribution in [1.82, 2.24) is 14.8 Å². The summed E-state index contributed by atoms with van der Waals surface area (Å²) in [5.41, 5.74) is 1.05. The van der Waals surface area contributed by atoms with Crippen LogP contribution in [0.15, 0.2) is 84.0 Å². The minimum Gasteiger partial charge on any atom is -0.481 e. The fourth-order valence-electron chi connectivity index (χ4n) is 3.27. The third-order valence-electron chi connectivity index (χ3n) is 4.85. The number of para-hydroxylation sites is 2. The summed E-state index contributed by atoms with van der Waals surface area (Å²) in [5.74, 6) is 0.750. The molecule has 11 heteroatoms. The number of hydrogen-bond donors (Lipinski definition) is 1. The Morgan fingerprint density at radius 1 is 1.11 bits per heavy atom. The number of carbonyl (C=O) groups is 1. The van der Waals surface area contributed by atoms with Crippen molar-refractivity contribution >= 4 is 40.6 Å². The molecule has 1 atom stereocenters. The van der Waals surface area contributed by atoms with Gasteiger partial charge in [0, 0.05) is 23.5 Å². The molecule has 1 unspecified atom stereocenters. The third-order valence-corrected chi connectivity index (χ3v) is 6.09. The number of rotatable bonds is 9. The molecule has 178 valence electrons. The zero-order valence-corrected chi connectivity index (χ0v) is 20.1. The van der Waals surface area contributed by atoms with E-state index in [1.807, 2.05) is 54.0 Å². The molecule has 1 amide bonds. The van der Waals surface area contributed by atoms with Gasteiger partial charge in [0.05, 0.1) is 15.7 Å². The Bertz CT molecular complexity index is 1350. The molecule has 0 bridgehead atoms. The van der Waals surface area contributed by atoms with Crippen LogP contribution in [0.25, 0.3) is 5.69 Å². The van der Waals surface area contributed by atoms with Crippen molar-refractivity contribution < 1.29 is 14.5 Å². The van der Waals surface area contributed by atoms with Gasteiger partial charge in [0.1, 0.15) is 5.75 Å². The smallest absolute Gasteiger partial charge is 0.271 e. The highest BCUT2D eigenvalue weighted by atomic mass is 35.5. The van der Waals surface area contributed by atoms with Gasteiger partial charge in [-0.1, -0.05) is 59.8 Å². The van der Waals surface area contributed by atoms with Crippen LogP contribution in [-0.2, 0) is 4.79 Å². The van der Waals surface area contributed by atoms with Gasteiger partial charge in [-0.2, -0.15) is 0 Å². The zero-order chi connectivity index (χ0) is 24.8. The first kappa shape index (κ1) is 24.2. The maximum Gasteiger partial charge on any atom is 0.271 e. The van der Waals surface area contributed by atoms with Crippen LogP contribution < -0.4 is 10.1 Å². The second-order valence-electron chi connectivity index (χ2n) is 7.35. The number of ether oxygens (including phenoxy) is 1. The molecule has 9 nitrogen and oxygen atoms in total. The summed E-state index contributed by atoms with van der Waals surface area (Å²) in [6.07, 6.45) is -0.490. The maximum absolute atomic E-state index is 12.5. The Morgan fingerprint density at radius 3 is 2.60 bits per heavy atom. The van der Waals surface area contributed by atoms with Crippen LogP contribution in [0.3, 0.4) is 0 Å². The number of nitro benzene ring substituents is 1. The number of amides is 1. The number of anilines is 1. The SMILES string of the molecule is CC(Oc1ccccc1Cl)c1nnc(SCC(=O)Nc2cccc([N+](=O)[O-])c2)n1-c1ccccc1. The minimum atomic E-state index is -0.514. The lowest BCUT2D eigenvalue weighted by Crippen LogP contribution is -2.15. The largest absolute Gasteiger partial charge is 0.481 e. The minimum absolute atomic E-state index is 0.0212. The summed E-state index contributed by atoms with van der Waals surface area (Å²) >= 11 is 7.43. The Kier molecular flexibility index (Phi) is 7.64. The quantitative estimate of drug-likeness (QED) is 0.175. The molecule has 0 aliphatic heterocycles. The summed E-state index contributed by atoms with van der Waals surface area (Å²) in [5, 5.41) is 23.2. The maximum atomic E-state index is 12.5. The number of aromatic nitrogens is 3. The number of carbonyl (C=O) groups excluding carboxylic acids is 1. The Morgan fingerprint density at radius 2 is 1.86 bits per heavy atom. The summed E-state index contributed by atoms with van der Waals surface area (Å²) in [6.45, 7) is 1.84. The summed E-state index contributed by atoms with van der Waals surface area (Å²) in [6, 6.07) is 22.4. The van der Waals surface area contributed by atoms with Gasteiger partial charge in [0.25, 0.3) is 5.69 Å². The van der Waals surface area contributed by atoms with Crippen molar-refractivity contribution in [2.24, 2.45) is 0 Å². The molecule has 0 spiro atoms. The molecule has 0 aliphatic rings. The molecule has 3 aromatic carbocycles. The van der Waals surface area contributed by atoms with Crippen molar-refractivity contribution in [2.45, 2.75) is 18.2 Å². The fourth-order valence-corrected chi connectivity index (χ4v) is 4.20. The number of hydrogen-bond acceptors (Lipinski definition) is 7. The van der Waals surface area contributed by atoms with Gasteiger partial charge >= 0.3 is 0 Å². The molecule has 0 fully saturated rings. The lowest BCUT2D eigenvalue weighted by molar-refractivity contribution is -0.384. The fraction of sp³-hybridized carbons (Fsp3) is 0.125. The van der Waals surface area contributed by atoms with Crippen molar-refractivity contribution in [3.05, 3.63) is 99.8 Å². The van der Waals surface area contributed by atoms with Crippen LogP contribution in [-0.4, -0.2) is 31.3 Å². The van der Waals surface area contributed by atoms with Gasteiger partial charge in [0.2, 0.25) is 5.91 Å². The molecule has 4 aromatic rings. The van der Waals surface area contributed by atoms with Crippen molar-refractivity contribution in [2.75, 3.05) is 11.1 Å². The lowest BCUT2D eigenvalue weighted by atomic mass is 10.3. The van der Waals surface area contributed by atoms with E-state index >= 15 is 0 Å². The summed E-state index contributed by atoms with van der Waals surface area (Å²) in [7, 11) is 0. The van der Waals surface area contributed by atoms with Crippen LogP contribution in [0.1, 0.15) is 18.9 Å². The van der Waals surface area contributed by atoms with Crippen LogP contribution in [0.4, 0.5) is 11.4 Å². The molecule has 1 aromatic heterocycles. The Hall–Kier alpha value is -3.89. The molecule has 0 saturated heterocycles. The number of benzene rings is 3. The second kappa shape index (κ2) is 11.0. The first-order chi connectivity index (χ1) is 16.9. The highest BCUT2D eigenvalue weighted by Crippen LogP contribution is 2.31. The van der Waals surface area contributed by atoms with Crippen LogP contribution in [0.5, 0.6) is 5.75 Å². The molecule has 0 aliphatic carbocycles. The van der Waals surface area contributed by atoms with Gasteiger partial charge in [-0.05, 0) is 37.3 Å². The molecule has 4 rings (SSSR count). The van der Waals surface area contributed by atoms with E-state index in [0.717, 1.165) is 5.69 Å². The van der Waals surface area contributed by atoms with Gasteiger partial charge < -0.3 is 10.1 Å². The Labute approximate surface area is 210 Å². The van der Waals surface area contributed by atoms with Gasteiger partial charge in [-0.3, -0.25) is 19.5 Å². The van der Waals surface area contributed by atoms with E-state index in [-0.39, 0.29) is 17.3 Å². The third kappa shape index (κ3) is 5.97. The highest BCUT2D eigenvalue weighted by Gasteiger charge is 2.22. The van der Waals surface area contributed by atoms with E-state index in [2.05, 4.69) is 15.5 Å². The number of nitrogens with one attached hydrogen (secondary N) is 1. The zero-order valence-electron chi connectivity index (χ0n) is 18.5. The van der Waals surface area contributed by atoms with Crippen LogP contribution >= 0.6 is 23.4 Å². The highest BCUT2D eigenvalue weighted by molar-refractivity contribution is 7.99. The van der Waals surface area contributed by atoms with E-state index in [9.17, 15) is 14.9 Å². The number of non-ortho nitro benzene ring substituents is 1. The molecule has 0 saturated carbocycles. The number of nitro groups is 1. The van der Waals surface area contributed by atoms with E-state index < -0.39 is 11.0 Å². The van der Waals surface area contributed by atoms with Crippen LogP contribution in [0, 0.1) is 10.1 Å². The second-order valence-corrected chi connectivity index (χ2v) is 8.70. The van der Waals surface area contributed by atoms with Crippen LogP contribution in [0.2, 0.25) is 5.02 Å². The average Bonchev–Trinajstić information content (AvgIpc) is 3.29. The van der Waals surface area contributed by atoms with Gasteiger partial charge in [-0.15, -0.1) is 10.2 Å². The normalized spacial score (nSPS) is 11.6. The first-order valence-corrected chi connectivity index (χ1v) is 11.9. The van der Waals surface area contributed by atoms with E-state index in [1.165, 1.54) is 30.0 Å². The number of thioether (sulfide) groups is 1. The molecule has 0 radical (unpaired) electrons.